The van der Waals surface area contributed by atoms with E-state index in [2.05, 4.69) is 11.1 Å². The second kappa shape index (κ2) is 11.1. The summed E-state index contributed by atoms with van der Waals surface area (Å²) in [5, 5.41) is 1.24. The molecule has 0 saturated heterocycles. The van der Waals surface area contributed by atoms with Crippen LogP contribution in [0.5, 0.6) is 23.0 Å². The van der Waals surface area contributed by atoms with Crippen LogP contribution in [0, 0.1) is 0 Å². The number of allylic oxidation sites excluding steroid dienone is 2. The molecule has 0 N–H and O–H groups in total. The number of carbonyl (C=O) groups excluding carboxylic acids is 1. The third-order valence-electron chi connectivity index (χ3n) is 5.27. The van der Waals surface area contributed by atoms with E-state index in [9.17, 15) is 4.79 Å². The van der Waals surface area contributed by atoms with Crippen LogP contribution in [-0.2, 0) is 0 Å². The lowest BCUT2D eigenvalue weighted by Gasteiger charge is -2.23. The third-order valence-corrected chi connectivity index (χ3v) is 6.45. The van der Waals surface area contributed by atoms with Gasteiger partial charge >= 0.3 is 0 Å². The van der Waals surface area contributed by atoms with Crippen molar-refractivity contribution in [2.45, 2.75) is 25.5 Å². The van der Waals surface area contributed by atoms with E-state index < -0.39 is 0 Å². The molecular weight excluding hydrogens is 438 g/mol. The summed E-state index contributed by atoms with van der Waals surface area (Å²) in [5.74, 6) is 2.53. The summed E-state index contributed by atoms with van der Waals surface area (Å²) in [4.78, 5) is 17.1. The Balaban J connectivity index is 2.25. The fraction of sp³-hybridized carbons (Fsp3) is 0.308. The van der Waals surface area contributed by atoms with Crippen LogP contribution >= 0.6 is 11.8 Å². The molecule has 1 aromatic heterocycles. The average molecular weight is 468 g/mol. The van der Waals surface area contributed by atoms with Gasteiger partial charge in [0, 0.05) is 28.8 Å². The molecule has 0 radical (unpaired) electrons. The number of hydrogen-bond acceptors (Lipinski definition) is 7. The number of methoxy groups -OCH3 is 4. The van der Waals surface area contributed by atoms with Gasteiger partial charge in [0.2, 0.25) is 5.12 Å². The van der Waals surface area contributed by atoms with Crippen LogP contribution in [0.4, 0.5) is 0 Å². The van der Waals surface area contributed by atoms with Gasteiger partial charge in [0.25, 0.3) is 0 Å². The lowest BCUT2D eigenvalue weighted by Crippen LogP contribution is -2.05. The van der Waals surface area contributed by atoms with E-state index in [-0.39, 0.29) is 10.4 Å². The van der Waals surface area contributed by atoms with Gasteiger partial charge < -0.3 is 18.9 Å². The van der Waals surface area contributed by atoms with E-state index in [4.69, 9.17) is 18.9 Å². The number of nitrogens with zero attached hydrogens (tertiary/aromatic N) is 1. The molecule has 174 valence electrons. The quantitative estimate of drug-likeness (QED) is 0.345. The number of fused-ring (bicyclic) bond motifs is 1. The maximum absolute atomic E-state index is 13.1. The molecule has 33 heavy (non-hydrogen) atoms. The van der Waals surface area contributed by atoms with Gasteiger partial charge in [-0.2, -0.15) is 0 Å². The van der Waals surface area contributed by atoms with E-state index >= 15 is 0 Å². The van der Waals surface area contributed by atoms with Gasteiger partial charge in [-0.05, 0) is 50.6 Å². The van der Waals surface area contributed by atoms with Gasteiger partial charge in [-0.25, -0.2) is 0 Å². The minimum absolute atomic E-state index is 0.0386. The normalized spacial score (nSPS) is 11.6. The van der Waals surface area contributed by atoms with Crippen molar-refractivity contribution in [3.8, 4) is 23.0 Å². The van der Waals surface area contributed by atoms with Crippen molar-refractivity contribution < 1.29 is 23.7 Å². The Kier molecular flexibility index (Phi) is 8.22. The largest absolute Gasteiger partial charge is 0.496 e. The maximum Gasteiger partial charge on any atom is 0.220 e. The second-order valence-corrected chi connectivity index (χ2v) is 8.74. The fourth-order valence-corrected chi connectivity index (χ4v) is 4.71. The van der Waals surface area contributed by atoms with Crippen molar-refractivity contribution >= 4 is 27.6 Å². The Morgan fingerprint density at radius 3 is 2.06 bits per heavy atom. The van der Waals surface area contributed by atoms with Crippen LogP contribution in [0.3, 0.4) is 0 Å². The Bertz CT molecular complexity index is 1160. The van der Waals surface area contributed by atoms with Gasteiger partial charge in [-0.3, -0.25) is 9.78 Å². The monoisotopic (exact) mass is 467 g/mol. The Morgan fingerprint density at radius 2 is 1.52 bits per heavy atom. The number of ether oxygens (including phenoxy) is 4. The van der Waals surface area contributed by atoms with Crippen LogP contribution in [0.25, 0.3) is 10.8 Å². The molecule has 0 amide bonds. The highest BCUT2D eigenvalue weighted by Crippen LogP contribution is 2.50. The molecule has 0 aliphatic carbocycles. The van der Waals surface area contributed by atoms with Crippen molar-refractivity contribution in [2.24, 2.45) is 0 Å². The van der Waals surface area contributed by atoms with Crippen molar-refractivity contribution in [1.29, 1.82) is 0 Å². The summed E-state index contributed by atoms with van der Waals surface area (Å²) in [5.41, 5.74) is 2.62. The van der Waals surface area contributed by atoms with E-state index in [1.54, 1.807) is 53.0 Å². The van der Waals surface area contributed by atoms with Crippen molar-refractivity contribution in [3.05, 3.63) is 65.5 Å². The van der Waals surface area contributed by atoms with E-state index in [1.165, 1.54) is 17.3 Å². The number of pyridine rings is 1. The van der Waals surface area contributed by atoms with E-state index in [0.717, 1.165) is 16.3 Å². The maximum atomic E-state index is 13.1. The fourth-order valence-electron chi connectivity index (χ4n) is 3.68. The van der Waals surface area contributed by atoms with Gasteiger partial charge in [0.1, 0.15) is 23.0 Å². The molecule has 1 heterocycles. The zero-order chi connectivity index (χ0) is 24.0. The first-order chi connectivity index (χ1) is 15.9. The summed E-state index contributed by atoms with van der Waals surface area (Å²) >= 11 is 1.25. The summed E-state index contributed by atoms with van der Waals surface area (Å²) < 4.78 is 23.0. The van der Waals surface area contributed by atoms with Crippen molar-refractivity contribution in [3.63, 3.8) is 0 Å². The first-order valence-corrected chi connectivity index (χ1v) is 11.4. The van der Waals surface area contributed by atoms with Crippen LogP contribution in [-0.4, -0.2) is 38.5 Å². The van der Waals surface area contributed by atoms with Crippen molar-refractivity contribution in [1.82, 2.24) is 4.98 Å². The highest BCUT2D eigenvalue weighted by atomic mass is 32.2. The minimum Gasteiger partial charge on any atom is -0.496 e. The third kappa shape index (κ3) is 5.25. The van der Waals surface area contributed by atoms with Crippen LogP contribution in [0.1, 0.15) is 41.4 Å². The molecule has 0 fully saturated rings. The molecule has 0 aliphatic heterocycles. The topological polar surface area (TPSA) is 66.9 Å². The number of carbonyl (C=O) groups is 1. The standard InChI is InChI=1S/C26H29NO5S/c1-16(2)7-10-22(33-26(28)17-11-13-27-14-12-17)18-15-21(31-5)23-19(29-3)8-9-20(30-4)24(23)25(18)32-6/h7-9,11-15,22H,10H2,1-6H3. The second-order valence-electron chi connectivity index (χ2n) is 7.57. The van der Waals surface area contributed by atoms with Crippen LogP contribution in [0.2, 0.25) is 0 Å². The van der Waals surface area contributed by atoms with Gasteiger partial charge in [0.05, 0.1) is 39.2 Å². The molecule has 3 rings (SSSR count). The molecule has 0 saturated carbocycles. The SMILES string of the molecule is COc1ccc(OC)c2c(OC)c(C(CC=C(C)C)SC(=O)c3ccncc3)cc(OC)c12. The zero-order valence-corrected chi connectivity index (χ0v) is 20.6. The molecule has 3 aromatic rings. The number of hydrogen-bond donors (Lipinski definition) is 0. The number of benzene rings is 2. The summed E-state index contributed by atoms with van der Waals surface area (Å²) in [7, 11) is 6.46. The molecule has 2 aromatic carbocycles. The number of aromatic nitrogens is 1. The lowest BCUT2D eigenvalue weighted by molar-refractivity contribution is 0.108. The van der Waals surface area contributed by atoms with E-state index in [1.807, 2.05) is 32.0 Å². The predicted octanol–water partition coefficient (Wildman–Crippen LogP) is 6.24. The Hall–Kier alpha value is -3.19. The highest BCUT2D eigenvalue weighted by Gasteiger charge is 2.27. The molecule has 6 nitrogen and oxygen atoms in total. The predicted molar refractivity (Wildman–Crippen MR) is 133 cm³/mol. The molecule has 0 spiro atoms. The smallest absolute Gasteiger partial charge is 0.220 e. The molecular formula is C26H29NO5S. The summed E-state index contributed by atoms with van der Waals surface area (Å²) in [6, 6.07) is 9.05. The van der Waals surface area contributed by atoms with Crippen molar-refractivity contribution in [2.75, 3.05) is 28.4 Å². The molecule has 0 aliphatic rings. The molecule has 1 unspecified atom stereocenters. The average Bonchev–Trinajstić information content (AvgIpc) is 2.84. The van der Waals surface area contributed by atoms with Crippen LogP contribution in [0.15, 0.2) is 54.4 Å². The molecule has 0 bridgehead atoms. The summed E-state index contributed by atoms with van der Waals surface area (Å²) in [6.45, 7) is 4.08. The molecule has 7 heteroatoms. The van der Waals surface area contributed by atoms with Crippen LogP contribution < -0.4 is 18.9 Å². The van der Waals surface area contributed by atoms with Gasteiger partial charge in [-0.15, -0.1) is 0 Å². The number of thioether (sulfide) groups is 1. The first kappa shape index (κ1) is 24.5. The number of rotatable bonds is 9. The van der Waals surface area contributed by atoms with E-state index in [0.29, 0.717) is 35.0 Å². The first-order valence-electron chi connectivity index (χ1n) is 10.5. The summed E-state index contributed by atoms with van der Waals surface area (Å²) in [6.07, 6.45) is 6.00. The highest BCUT2D eigenvalue weighted by molar-refractivity contribution is 8.14. The Morgan fingerprint density at radius 1 is 0.909 bits per heavy atom. The van der Waals surface area contributed by atoms with Gasteiger partial charge in [-0.1, -0.05) is 23.4 Å². The lowest BCUT2D eigenvalue weighted by atomic mass is 9.98. The molecule has 1 atom stereocenters. The van der Waals surface area contributed by atoms with Gasteiger partial charge in [0.15, 0.2) is 0 Å². The Labute approximate surface area is 198 Å². The zero-order valence-electron chi connectivity index (χ0n) is 19.8. The minimum atomic E-state index is -0.218.